The van der Waals surface area contributed by atoms with Crippen LogP contribution in [0.2, 0.25) is 0 Å². The van der Waals surface area contributed by atoms with Crippen LogP contribution in [0.25, 0.3) is 0 Å². The van der Waals surface area contributed by atoms with E-state index in [-0.39, 0.29) is 12.5 Å². The van der Waals surface area contributed by atoms with Crippen molar-refractivity contribution in [1.29, 1.82) is 0 Å². The first kappa shape index (κ1) is 12.3. The molecule has 1 aliphatic rings. The monoisotopic (exact) mass is 213 g/mol. The van der Waals surface area contributed by atoms with Crippen LogP contribution in [-0.4, -0.2) is 42.2 Å². The van der Waals surface area contributed by atoms with Crippen LogP contribution >= 0.6 is 0 Å². The van der Waals surface area contributed by atoms with Crippen LogP contribution in [0.5, 0.6) is 0 Å². The van der Waals surface area contributed by atoms with Crippen LogP contribution in [-0.2, 0) is 0 Å². The van der Waals surface area contributed by atoms with Crippen molar-refractivity contribution in [3.05, 3.63) is 0 Å². The lowest BCUT2D eigenvalue weighted by Gasteiger charge is -2.31. The molecule has 0 aromatic carbocycles. The van der Waals surface area contributed by atoms with Crippen LogP contribution < -0.4 is 5.73 Å². The van der Waals surface area contributed by atoms with E-state index < -0.39 is 0 Å². The SMILES string of the molecule is CC(CO)CN=C(N)N1CCCC(C)C1. The highest BCUT2D eigenvalue weighted by molar-refractivity contribution is 5.78. The summed E-state index contributed by atoms with van der Waals surface area (Å²) >= 11 is 0. The van der Waals surface area contributed by atoms with Gasteiger partial charge in [-0.3, -0.25) is 4.99 Å². The summed E-state index contributed by atoms with van der Waals surface area (Å²) < 4.78 is 0. The molecule has 4 heteroatoms. The molecule has 3 N–H and O–H groups in total. The lowest BCUT2D eigenvalue weighted by Crippen LogP contribution is -2.43. The summed E-state index contributed by atoms with van der Waals surface area (Å²) in [5.41, 5.74) is 5.91. The molecule has 1 heterocycles. The van der Waals surface area contributed by atoms with Crippen molar-refractivity contribution in [2.75, 3.05) is 26.2 Å². The molecule has 1 fully saturated rings. The Hall–Kier alpha value is -0.770. The van der Waals surface area contributed by atoms with E-state index in [4.69, 9.17) is 10.8 Å². The smallest absolute Gasteiger partial charge is 0.191 e. The molecule has 0 aromatic rings. The van der Waals surface area contributed by atoms with E-state index in [9.17, 15) is 0 Å². The van der Waals surface area contributed by atoms with Gasteiger partial charge in [0, 0.05) is 26.2 Å². The van der Waals surface area contributed by atoms with E-state index in [1.165, 1.54) is 12.8 Å². The Balaban J connectivity index is 2.40. The summed E-state index contributed by atoms with van der Waals surface area (Å²) in [6.45, 7) is 7.04. The molecule has 88 valence electrons. The second-order valence-electron chi connectivity index (χ2n) is 4.68. The highest BCUT2D eigenvalue weighted by Crippen LogP contribution is 2.14. The number of rotatable bonds is 3. The third-order valence-electron chi connectivity index (χ3n) is 2.86. The second-order valence-corrected chi connectivity index (χ2v) is 4.68. The Labute approximate surface area is 92.2 Å². The van der Waals surface area contributed by atoms with Crippen molar-refractivity contribution in [3.63, 3.8) is 0 Å². The van der Waals surface area contributed by atoms with E-state index in [2.05, 4.69) is 16.8 Å². The highest BCUT2D eigenvalue weighted by atomic mass is 16.3. The van der Waals surface area contributed by atoms with Gasteiger partial charge in [0.05, 0.1) is 0 Å². The second kappa shape index (κ2) is 5.95. The lowest BCUT2D eigenvalue weighted by atomic mass is 10.0. The van der Waals surface area contributed by atoms with Crippen LogP contribution in [0.1, 0.15) is 26.7 Å². The molecule has 0 aliphatic carbocycles. The molecule has 2 atom stereocenters. The molecule has 4 nitrogen and oxygen atoms in total. The fourth-order valence-electron chi connectivity index (χ4n) is 1.80. The quantitative estimate of drug-likeness (QED) is 0.535. The Morgan fingerprint density at radius 2 is 2.40 bits per heavy atom. The van der Waals surface area contributed by atoms with E-state index >= 15 is 0 Å². The molecule has 0 aromatic heterocycles. The zero-order valence-corrected chi connectivity index (χ0v) is 9.82. The van der Waals surface area contributed by atoms with Crippen LogP contribution in [0.3, 0.4) is 0 Å². The molecule has 0 radical (unpaired) electrons. The van der Waals surface area contributed by atoms with Gasteiger partial charge in [-0.15, -0.1) is 0 Å². The summed E-state index contributed by atoms with van der Waals surface area (Å²) in [4.78, 5) is 6.46. The number of hydrogen-bond acceptors (Lipinski definition) is 2. The maximum Gasteiger partial charge on any atom is 0.191 e. The fourth-order valence-corrected chi connectivity index (χ4v) is 1.80. The lowest BCUT2D eigenvalue weighted by molar-refractivity contribution is 0.240. The molecule has 0 saturated carbocycles. The maximum absolute atomic E-state index is 8.88. The van der Waals surface area contributed by atoms with Gasteiger partial charge in [-0.2, -0.15) is 0 Å². The minimum absolute atomic E-state index is 0.174. The molecule has 1 rings (SSSR count). The molecular formula is C11H23N3O. The average Bonchev–Trinajstić information content (AvgIpc) is 2.25. The van der Waals surface area contributed by atoms with Gasteiger partial charge in [0.2, 0.25) is 0 Å². The van der Waals surface area contributed by atoms with E-state index in [1.807, 2.05) is 6.92 Å². The number of nitrogens with zero attached hydrogens (tertiary/aromatic N) is 2. The number of aliphatic imine (C=N–C) groups is 1. The van der Waals surface area contributed by atoms with Gasteiger partial charge in [-0.05, 0) is 24.7 Å². The number of likely N-dealkylation sites (tertiary alicyclic amines) is 1. The number of guanidine groups is 1. The molecule has 15 heavy (non-hydrogen) atoms. The van der Waals surface area contributed by atoms with Crippen molar-refractivity contribution in [1.82, 2.24) is 4.90 Å². The number of aliphatic hydroxyl groups excluding tert-OH is 1. The van der Waals surface area contributed by atoms with Gasteiger partial charge in [-0.1, -0.05) is 13.8 Å². The van der Waals surface area contributed by atoms with Gasteiger partial charge in [0.15, 0.2) is 5.96 Å². The van der Waals surface area contributed by atoms with Crippen LogP contribution in [0, 0.1) is 11.8 Å². The van der Waals surface area contributed by atoms with E-state index in [0.29, 0.717) is 18.4 Å². The Morgan fingerprint density at radius 3 is 3.00 bits per heavy atom. The van der Waals surface area contributed by atoms with Crippen LogP contribution in [0.4, 0.5) is 0 Å². The normalized spacial score (nSPS) is 25.4. The largest absolute Gasteiger partial charge is 0.396 e. The van der Waals surface area contributed by atoms with Crippen molar-refractivity contribution >= 4 is 5.96 Å². The van der Waals surface area contributed by atoms with Gasteiger partial charge >= 0.3 is 0 Å². The summed E-state index contributed by atoms with van der Waals surface area (Å²) in [5.74, 6) is 1.55. The average molecular weight is 213 g/mol. The predicted octanol–water partition coefficient (Wildman–Crippen LogP) is 0.661. The molecule has 0 bridgehead atoms. The summed E-state index contributed by atoms with van der Waals surface area (Å²) in [6, 6.07) is 0. The van der Waals surface area contributed by atoms with Crippen molar-refractivity contribution < 1.29 is 5.11 Å². The zero-order valence-electron chi connectivity index (χ0n) is 9.82. The third kappa shape index (κ3) is 4.08. The minimum atomic E-state index is 0.174. The van der Waals surface area contributed by atoms with Gasteiger partial charge < -0.3 is 15.7 Å². The fraction of sp³-hybridized carbons (Fsp3) is 0.909. The molecular weight excluding hydrogens is 190 g/mol. The predicted molar refractivity (Wildman–Crippen MR) is 62.7 cm³/mol. The standard InChI is InChI=1S/C11H23N3O/c1-9-4-3-5-14(7-9)11(12)13-6-10(2)8-15/h9-10,15H,3-8H2,1-2H3,(H2,12,13). The van der Waals surface area contributed by atoms with Gasteiger partial charge in [-0.25, -0.2) is 0 Å². The Kier molecular flexibility index (Phi) is 4.88. The van der Waals surface area contributed by atoms with Gasteiger partial charge in [0.1, 0.15) is 0 Å². The van der Waals surface area contributed by atoms with Crippen LogP contribution in [0.15, 0.2) is 4.99 Å². The van der Waals surface area contributed by atoms with E-state index in [0.717, 1.165) is 13.1 Å². The first-order valence-electron chi connectivity index (χ1n) is 5.79. The molecule has 0 spiro atoms. The zero-order chi connectivity index (χ0) is 11.3. The summed E-state index contributed by atoms with van der Waals surface area (Å²) in [6.07, 6.45) is 2.49. The first-order valence-corrected chi connectivity index (χ1v) is 5.79. The van der Waals surface area contributed by atoms with Gasteiger partial charge in [0.25, 0.3) is 0 Å². The molecule has 1 saturated heterocycles. The Bertz CT molecular complexity index is 218. The highest BCUT2D eigenvalue weighted by Gasteiger charge is 2.17. The Morgan fingerprint density at radius 1 is 1.67 bits per heavy atom. The molecule has 0 amide bonds. The summed E-state index contributed by atoms with van der Waals surface area (Å²) in [5, 5.41) is 8.88. The van der Waals surface area contributed by atoms with Crippen molar-refractivity contribution in [3.8, 4) is 0 Å². The summed E-state index contributed by atoms with van der Waals surface area (Å²) in [7, 11) is 0. The minimum Gasteiger partial charge on any atom is -0.396 e. The van der Waals surface area contributed by atoms with Crippen molar-refractivity contribution in [2.24, 2.45) is 22.6 Å². The molecule has 2 unspecified atom stereocenters. The molecule has 1 aliphatic heterocycles. The number of piperidine rings is 1. The van der Waals surface area contributed by atoms with Crippen molar-refractivity contribution in [2.45, 2.75) is 26.7 Å². The topological polar surface area (TPSA) is 61.9 Å². The maximum atomic E-state index is 8.88. The number of nitrogens with two attached hydrogens (primary N) is 1. The van der Waals surface area contributed by atoms with E-state index in [1.54, 1.807) is 0 Å². The third-order valence-corrected chi connectivity index (χ3v) is 2.86. The first-order chi connectivity index (χ1) is 7.13. The number of hydrogen-bond donors (Lipinski definition) is 2. The number of aliphatic hydroxyl groups is 1.